The number of ether oxygens (including phenoxy) is 1. The van der Waals surface area contributed by atoms with Crippen LogP contribution in [0.15, 0.2) is 18.2 Å². The van der Waals surface area contributed by atoms with E-state index in [4.69, 9.17) is 27.9 Å². The summed E-state index contributed by atoms with van der Waals surface area (Å²) in [5.41, 5.74) is 0.441. The Morgan fingerprint density at radius 3 is 2.95 bits per heavy atom. The molecule has 1 amide bonds. The molecule has 1 heterocycles. The van der Waals surface area contributed by atoms with Crippen LogP contribution >= 0.6 is 39.1 Å². The molecule has 1 fully saturated rings. The maximum absolute atomic E-state index is 12.6. The fourth-order valence-electron chi connectivity index (χ4n) is 2.01. The van der Waals surface area contributed by atoms with Gasteiger partial charge in [-0.3, -0.25) is 4.79 Å². The number of halogens is 3. The van der Waals surface area contributed by atoms with E-state index in [-0.39, 0.29) is 18.1 Å². The molecular weight excluding hydrogens is 353 g/mol. The summed E-state index contributed by atoms with van der Waals surface area (Å²) >= 11 is 15.4. The number of benzene rings is 1. The summed E-state index contributed by atoms with van der Waals surface area (Å²) in [4.78, 5) is 14.3. The second kappa shape index (κ2) is 6.44. The van der Waals surface area contributed by atoms with Crippen molar-refractivity contribution in [2.75, 3.05) is 18.5 Å². The molecule has 0 aromatic heterocycles. The van der Waals surface area contributed by atoms with Crippen LogP contribution in [-0.2, 0) is 4.74 Å². The van der Waals surface area contributed by atoms with Gasteiger partial charge >= 0.3 is 0 Å². The molecule has 1 aliphatic heterocycles. The lowest BCUT2D eigenvalue weighted by Gasteiger charge is -2.37. The van der Waals surface area contributed by atoms with Gasteiger partial charge < -0.3 is 9.64 Å². The third kappa shape index (κ3) is 3.43. The number of carbonyl (C=O) groups is 1. The summed E-state index contributed by atoms with van der Waals surface area (Å²) in [6.45, 7) is 3.04. The molecule has 1 aromatic rings. The fourth-order valence-corrected chi connectivity index (χ4v) is 2.77. The monoisotopic (exact) mass is 365 g/mol. The predicted octanol–water partition coefficient (Wildman–Crippen LogP) is 3.62. The van der Waals surface area contributed by atoms with Gasteiger partial charge in [-0.25, -0.2) is 0 Å². The van der Waals surface area contributed by atoms with Gasteiger partial charge in [-0.1, -0.05) is 39.1 Å². The highest BCUT2D eigenvalue weighted by molar-refractivity contribution is 9.09. The summed E-state index contributed by atoms with van der Waals surface area (Å²) in [5, 5.41) is 1.63. The third-order valence-electron chi connectivity index (χ3n) is 3.10. The van der Waals surface area contributed by atoms with E-state index in [9.17, 15) is 4.79 Å². The Morgan fingerprint density at radius 2 is 2.26 bits per heavy atom. The second-order valence-electron chi connectivity index (χ2n) is 4.54. The van der Waals surface area contributed by atoms with Gasteiger partial charge in [0.15, 0.2) is 0 Å². The SMILES string of the molecule is CC1COC(CBr)CN1C(=O)c1cc(Cl)ccc1Cl. The molecule has 2 rings (SSSR count). The Hall–Kier alpha value is -0.290. The smallest absolute Gasteiger partial charge is 0.255 e. The van der Waals surface area contributed by atoms with Crippen LogP contribution in [0.4, 0.5) is 0 Å². The molecule has 0 spiro atoms. The van der Waals surface area contributed by atoms with Crippen molar-refractivity contribution >= 4 is 45.0 Å². The molecule has 0 aliphatic carbocycles. The summed E-state index contributed by atoms with van der Waals surface area (Å²) in [5.74, 6) is -0.103. The van der Waals surface area contributed by atoms with Crippen molar-refractivity contribution in [3.05, 3.63) is 33.8 Å². The number of hydrogen-bond donors (Lipinski definition) is 0. The van der Waals surface area contributed by atoms with E-state index in [1.54, 1.807) is 23.1 Å². The molecule has 0 radical (unpaired) electrons. The number of morpholine rings is 1. The van der Waals surface area contributed by atoms with Gasteiger partial charge in [-0.15, -0.1) is 0 Å². The zero-order chi connectivity index (χ0) is 14.0. The topological polar surface area (TPSA) is 29.5 Å². The number of amides is 1. The average molecular weight is 367 g/mol. The number of alkyl halides is 1. The van der Waals surface area contributed by atoms with E-state index in [0.29, 0.717) is 34.1 Å². The minimum atomic E-state index is -0.103. The van der Waals surface area contributed by atoms with Crippen molar-refractivity contribution < 1.29 is 9.53 Å². The highest BCUT2D eigenvalue weighted by Crippen LogP contribution is 2.24. The maximum atomic E-state index is 12.6. The maximum Gasteiger partial charge on any atom is 0.255 e. The molecule has 1 aliphatic rings. The van der Waals surface area contributed by atoms with Gasteiger partial charge in [0, 0.05) is 16.9 Å². The Kier molecular flexibility index (Phi) is 5.12. The average Bonchev–Trinajstić information content (AvgIpc) is 2.41. The molecule has 0 saturated carbocycles. The molecule has 1 saturated heterocycles. The minimum absolute atomic E-state index is 0.0121. The Morgan fingerprint density at radius 1 is 1.53 bits per heavy atom. The molecular formula is C13H14BrCl2NO2. The lowest BCUT2D eigenvalue weighted by molar-refractivity contribution is -0.0361. The van der Waals surface area contributed by atoms with Crippen LogP contribution < -0.4 is 0 Å². The first kappa shape index (κ1) is 15.1. The second-order valence-corrected chi connectivity index (χ2v) is 6.03. The lowest BCUT2D eigenvalue weighted by atomic mass is 10.1. The van der Waals surface area contributed by atoms with Crippen molar-refractivity contribution in [3.63, 3.8) is 0 Å². The van der Waals surface area contributed by atoms with Gasteiger partial charge in [-0.2, -0.15) is 0 Å². The fraction of sp³-hybridized carbons (Fsp3) is 0.462. The van der Waals surface area contributed by atoms with Crippen molar-refractivity contribution in [2.45, 2.75) is 19.1 Å². The van der Waals surface area contributed by atoms with E-state index in [0.717, 1.165) is 0 Å². The van der Waals surface area contributed by atoms with Crippen LogP contribution in [0.2, 0.25) is 10.0 Å². The zero-order valence-electron chi connectivity index (χ0n) is 10.4. The van der Waals surface area contributed by atoms with Crippen LogP contribution in [0.3, 0.4) is 0 Å². The van der Waals surface area contributed by atoms with Crippen LogP contribution in [-0.4, -0.2) is 41.4 Å². The normalized spacial score (nSPS) is 23.5. The summed E-state index contributed by atoms with van der Waals surface area (Å²) in [6.07, 6.45) is 0.0121. The largest absolute Gasteiger partial charge is 0.373 e. The molecule has 2 atom stereocenters. The van der Waals surface area contributed by atoms with Crippen LogP contribution in [0, 0.1) is 0 Å². The summed E-state index contributed by atoms with van der Waals surface area (Å²) < 4.78 is 5.61. The van der Waals surface area contributed by atoms with Gasteiger partial charge in [0.05, 0.1) is 29.3 Å². The van der Waals surface area contributed by atoms with E-state index in [1.165, 1.54) is 0 Å². The van der Waals surface area contributed by atoms with Gasteiger partial charge in [0.1, 0.15) is 0 Å². The zero-order valence-corrected chi connectivity index (χ0v) is 13.5. The van der Waals surface area contributed by atoms with Crippen molar-refractivity contribution in [1.29, 1.82) is 0 Å². The minimum Gasteiger partial charge on any atom is -0.373 e. The van der Waals surface area contributed by atoms with E-state index in [1.807, 2.05) is 6.92 Å². The van der Waals surface area contributed by atoms with Crippen molar-refractivity contribution in [1.82, 2.24) is 4.90 Å². The van der Waals surface area contributed by atoms with Crippen molar-refractivity contribution in [3.8, 4) is 0 Å². The molecule has 6 heteroatoms. The molecule has 1 aromatic carbocycles. The standard InChI is InChI=1S/C13H14BrCl2NO2/c1-8-7-19-10(5-14)6-17(8)13(18)11-4-9(15)2-3-12(11)16/h2-4,8,10H,5-7H2,1H3. The summed E-state index contributed by atoms with van der Waals surface area (Å²) in [6, 6.07) is 4.95. The molecule has 2 unspecified atom stereocenters. The lowest BCUT2D eigenvalue weighted by Crippen LogP contribution is -2.51. The number of rotatable bonds is 2. The Bertz CT molecular complexity index is 484. The third-order valence-corrected chi connectivity index (χ3v) is 4.38. The van der Waals surface area contributed by atoms with Crippen LogP contribution in [0.25, 0.3) is 0 Å². The molecule has 19 heavy (non-hydrogen) atoms. The van der Waals surface area contributed by atoms with Crippen LogP contribution in [0.5, 0.6) is 0 Å². The van der Waals surface area contributed by atoms with Gasteiger partial charge in [-0.05, 0) is 25.1 Å². The highest BCUT2D eigenvalue weighted by atomic mass is 79.9. The van der Waals surface area contributed by atoms with Gasteiger partial charge in [0.25, 0.3) is 5.91 Å². The molecule has 0 bridgehead atoms. The molecule has 3 nitrogen and oxygen atoms in total. The highest BCUT2D eigenvalue weighted by Gasteiger charge is 2.30. The van der Waals surface area contributed by atoms with Crippen molar-refractivity contribution in [2.24, 2.45) is 0 Å². The number of nitrogens with zero attached hydrogens (tertiary/aromatic N) is 1. The first-order valence-corrected chi connectivity index (χ1v) is 7.84. The first-order chi connectivity index (χ1) is 9.02. The summed E-state index contributed by atoms with van der Waals surface area (Å²) in [7, 11) is 0. The number of hydrogen-bond acceptors (Lipinski definition) is 2. The van der Waals surface area contributed by atoms with E-state index < -0.39 is 0 Å². The molecule has 0 N–H and O–H groups in total. The van der Waals surface area contributed by atoms with Crippen LogP contribution in [0.1, 0.15) is 17.3 Å². The van der Waals surface area contributed by atoms with Gasteiger partial charge in [0.2, 0.25) is 0 Å². The predicted molar refractivity (Wildman–Crippen MR) is 80.5 cm³/mol. The Balaban J connectivity index is 2.24. The first-order valence-electron chi connectivity index (χ1n) is 5.96. The number of carbonyl (C=O) groups excluding carboxylic acids is 1. The Labute approximate surface area is 130 Å². The quantitative estimate of drug-likeness (QED) is 0.748. The van der Waals surface area contributed by atoms with E-state index >= 15 is 0 Å². The molecule has 104 valence electrons. The van der Waals surface area contributed by atoms with E-state index in [2.05, 4.69) is 15.9 Å².